The third-order valence-electron chi connectivity index (χ3n) is 2.82. The molecule has 0 radical (unpaired) electrons. The van der Waals surface area contributed by atoms with Crippen LogP contribution < -0.4 is 5.73 Å². The first kappa shape index (κ1) is 12.0. The number of halogens is 1. The predicted molar refractivity (Wildman–Crippen MR) is 70.1 cm³/mol. The van der Waals surface area contributed by atoms with Gasteiger partial charge in [-0.3, -0.25) is 4.79 Å². The number of amides is 1. The second kappa shape index (κ2) is 4.80. The lowest BCUT2D eigenvalue weighted by Gasteiger charge is -2.20. The highest BCUT2D eigenvalue weighted by Gasteiger charge is 2.32. The van der Waals surface area contributed by atoms with E-state index in [1.165, 1.54) is 0 Å². The Morgan fingerprint density at radius 3 is 2.82 bits per heavy atom. The van der Waals surface area contributed by atoms with Crippen LogP contribution in [0.5, 0.6) is 0 Å². The Kier molecular flexibility index (Phi) is 3.38. The van der Waals surface area contributed by atoms with E-state index in [0.29, 0.717) is 28.9 Å². The topological polar surface area (TPSA) is 46.3 Å². The fourth-order valence-corrected chi connectivity index (χ4v) is 1.93. The number of hydrogen-bond donors (Lipinski definition) is 1. The Hall–Kier alpha value is -1.48. The molecule has 0 atom stereocenters. The van der Waals surface area contributed by atoms with E-state index in [1.54, 1.807) is 24.3 Å². The summed E-state index contributed by atoms with van der Waals surface area (Å²) in [6, 6.07) is 5.35. The van der Waals surface area contributed by atoms with Crippen molar-refractivity contribution in [1.29, 1.82) is 0 Å². The molecule has 0 aromatic heterocycles. The van der Waals surface area contributed by atoms with E-state index in [9.17, 15) is 4.79 Å². The summed E-state index contributed by atoms with van der Waals surface area (Å²) >= 11 is 5.92. The van der Waals surface area contributed by atoms with Gasteiger partial charge in [0.15, 0.2) is 0 Å². The molecule has 0 aliphatic heterocycles. The summed E-state index contributed by atoms with van der Waals surface area (Å²) in [4.78, 5) is 14.1. The lowest BCUT2D eigenvalue weighted by atomic mass is 10.1. The fraction of sp³-hybridized carbons (Fsp3) is 0.308. The van der Waals surface area contributed by atoms with Gasteiger partial charge < -0.3 is 10.6 Å². The number of carbonyl (C=O) groups excluding carboxylic acids is 1. The van der Waals surface area contributed by atoms with Gasteiger partial charge in [-0.25, -0.2) is 0 Å². The van der Waals surface area contributed by atoms with E-state index < -0.39 is 0 Å². The first-order valence-electron chi connectivity index (χ1n) is 5.60. The smallest absolute Gasteiger partial charge is 0.254 e. The first-order valence-corrected chi connectivity index (χ1v) is 5.98. The minimum atomic E-state index is -0.00528. The van der Waals surface area contributed by atoms with Gasteiger partial charge in [-0.1, -0.05) is 17.7 Å². The molecule has 1 aromatic rings. The summed E-state index contributed by atoms with van der Waals surface area (Å²) in [5.74, 6) is -0.00528. The van der Waals surface area contributed by atoms with Crippen LogP contribution in [0.3, 0.4) is 0 Å². The summed E-state index contributed by atoms with van der Waals surface area (Å²) in [6.07, 6.45) is 3.89. The molecule has 1 aliphatic carbocycles. The van der Waals surface area contributed by atoms with Gasteiger partial charge in [0.25, 0.3) is 5.91 Å². The number of nitrogens with two attached hydrogens (primary N) is 1. The van der Waals surface area contributed by atoms with Gasteiger partial charge in [-0.05, 0) is 31.0 Å². The van der Waals surface area contributed by atoms with Gasteiger partial charge in [0.1, 0.15) is 0 Å². The van der Waals surface area contributed by atoms with E-state index >= 15 is 0 Å². The minimum absolute atomic E-state index is 0.00528. The third kappa shape index (κ3) is 2.61. The van der Waals surface area contributed by atoms with E-state index in [4.69, 9.17) is 17.3 Å². The third-order valence-corrected chi connectivity index (χ3v) is 3.15. The molecule has 1 aliphatic rings. The zero-order chi connectivity index (χ0) is 12.4. The van der Waals surface area contributed by atoms with Crippen LogP contribution in [-0.4, -0.2) is 23.4 Å². The van der Waals surface area contributed by atoms with Crippen LogP contribution in [0.1, 0.15) is 23.2 Å². The van der Waals surface area contributed by atoms with Crippen molar-refractivity contribution in [2.75, 3.05) is 12.3 Å². The van der Waals surface area contributed by atoms with Crippen LogP contribution >= 0.6 is 11.6 Å². The maximum atomic E-state index is 12.3. The van der Waals surface area contributed by atoms with Crippen molar-refractivity contribution in [2.45, 2.75) is 18.9 Å². The molecule has 1 saturated carbocycles. The first-order chi connectivity index (χ1) is 8.13. The Bertz CT molecular complexity index is 455. The molecule has 1 aromatic carbocycles. The van der Waals surface area contributed by atoms with E-state index in [1.807, 2.05) is 4.90 Å². The van der Waals surface area contributed by atoms with Gasteiger partial charge in [-0.2, -0.15) is 0 Å². The summed E-state index contributed by atoms with van der Waals surface area (Å²) in [7, 11) is 0. The highest BCUT2D eigenvalue weighted by Crippen LogP contribution is 2.29. The Morgan fingerprint density at radius 2 is 2.29 bits per heavy atom. The number of nitrogen functional groups attached to an aromatic ring is 1. The molecule has 2 rings (SSSR count). The predicted octanol–water partition coefficient (Wildman–Crippen LogP) is 2.71. The molecule has 4 heteroatoms. The van der Waals surface area contributed by atoms with Crippen LogP contribution in [0.4, 0.5) is 5.69 Å². The highest BCUT2D eigenvalue weighted by atomic mass is 35.5. The van der Waals surface area contributed by atoms with Gasteiger partial charge in [0.2, 0.25) is 0 Å². The molecule has 0 heterocycles. The molecule has 0 unspecified atom stereocenters. The second-order valence-corrected chi connectivity index (χ2v) is 4.62. The van der Waals surface area contributed by atoms with Crippen molar-refractivity contribution in [3.63, 3.8) is 0 Å². The van der Waals surface area contributed by atoms with Crippen molar-refractivity contribution in [3.05, 3.63) is 41.4 Å². The Balaban J connectivity index is 2.21. The van der Waals surface area contributed by atoms with Gasteiger partial charge >= 0.3 is 0 Å². The summed E-state index contributed by atoms with van der Waals surface area (Å²) in [6.45, 7) is 4.25. The van der Waals surface area contributed by atoms with Gasteiger partial charge in [0.05, 0.1) is 10.7 Å². The van der Waals surface area contributed by atoms with Crippen LogP contribution in [-0.2, 0) is 0 Å². The number of hydrogen-bond acceptors (Lipinski definition) is 2. The monoisotopic (exact) mass is 250 g/mol. The minimum Gasteiger partial charge on any atom is -0.398 e. The highest BCUT2D eigenvalue weighted by molar-refractivity contribution is 6.33. The number of benzene rings is 1. The van der Waals surface area contributed by atoms with Crippen molar-refractivity contribution >= 4 is 23.2 Å². The number of anilines is 1. The number of nitrogens with zero attached hydrogens (tertiary/aromatic N) is 1. The normalized spacial score (nSPS) is 14.4. The second-order valence-electron chi connectivity index (χ2n) is 4.21. The molecule has 1 fully saturated rings. The van der Waals surface area contributed by atoms with Crippen molar-refractivity contribution in [3.8, 4) is 0 Å². The summed E-state index contributed by atoms with van der Waals surface area (Å²) < 4.78 is 0. The Labute approximate surface area is 106 Å². The van der Waals surface area contributed by atoms with Crippen molar-refractivity contribution in [1.82, 2.24) is 4.90 Å². The van der Waals surface area contributed by atoms with Crippen LogP contribution in [0, 0.1) is 0 Å². The van der Waals surface area contributed by atoms with Crippen LogP contribution in [0.15, 0.2) is 30.9 Å². The molecule has 90 valence electrons. The molecule has 17 heavy (non-hydrogen) atoms. The molecular weight excluding hydrogens is 236 g/mol. The SMILES string of the molecule is C=CCN(C(=O)c1ccc(N)c(Cl)c1)C1CC1. The van der Waals surface area contributed by atoms with E-state index in [0.717, 1.165) is 12.8 Å². The largest absolute Gasteiger partial charge is 0.398 e. The summed E-state index contributed by atoms with van der Waals surface area (Å²) in [5, 5.41) is 0.421. The Morgan fingerprint density at radius 1 is 1.59 bits per heavy atom. The van der Waals surface area contributed by atoms with Crippen molar-refractivity contribution in [2.24, 2.45) is 0 Å². The lowest BCUT2D eigenvalue weighted by molar-refractivity contribution is 0.0762. The van der Waals surface area contributed by atoms with E-state index in [2.05, 4.69) is 6.58 Å². The van der Waals surface area contributed by atoms with Gasteiger partial charge in [0, 0.05) is 18.2 Å². The quantitative estimate of drug-likeness (QED) is 0.660. The van der Waals surface area contributed by atoms with Crippen molar-refractivity contribution < 1.29 is 4.79 Å². The average molecular weight is 251 g/mol. The lowest BCUT2D eigenvalue weighted by Crippen LogP contribution is -2.33. The molecular formula is C13H15ClN2O. The molecule has 3 nitrogen and oxygen atoms in total. The van der Waals surface area contributed by atoms with Gasteiger partial charge in [-0.15, -0.1) is 6.58 Å². The maximum absolute atomic E-state index is 12.3. The zero-order valence-electron chi connectivity index (χ0n) is 9.53. The fourth-order valence-electron chi connectivity index (χ4n) is 1.75. The molecule has 0 bridgehead atoms. The number of carbonyl (C=O) groups is 1. The van der Waals surface area contributed by atoms with E-state index in [-0.39, 0.29) is 5.91 Å². The molecule has 1 amide bonds. The maximum Gasteiger partial charge on any atom is 0.254 e. The average Bonchev–Trinajstić information content (AvgIpc) is 3.13. The van der Waals surface area contributed by atoms with Crippen LogP contribution in [0.2, 0.25) is 5.02 Å². The molecule has 0 saturated heterocycles. The molecule has 2 N–H and O–H groups in total. The zero-order valence-corrected chi connectivity index (χ0v) is 10.3. The summed E-state index contributed by atoms with van der Waals surface area (Å²) in [5.41, 5.74) is 6.69. The number of rotatable bonds is 4. The standard InChI is InChI=1S/C13H15ClN2O/c1-2-7-16(10-4-5-10)13(17)9-3-6-12(15)11(14)8-9/h2-3,6,8,10H,1,4-5,7,15H2. The van der Waals surface area contributed by atoms with Crippen LogP contribution in [0.25, 0.3) is 0 Å². The molecule has 0 spiro atoms.